The molecule has 0 radical (unpaired) electrons. The van der Waals surface area contributed by atoms with Crippen molar-refractivity contribution in [1.82, 2.24) is 24.9 Å². The number of nitrogens with one attached hydrogen (secondary N) is 1. The fraction of sp³-hybridized carbons (Fsp3) is 0.353. The molecule has 0 spiro atoms. The van der Waals surface area contributed by atoms with Gasteiger partial charge in [-0.15, -0.1) is 11.3 Å². The Labute approximate surface area is 145 Å². The second kappa shape index (κ2) is 6.60. The Balaban J connectivity index is 1.70. The van der Waals surface area contributed by atoms with Gasteiger partial charge in [0.2, 0.25) is 0 Å². The maximum atomic E-state index is 12.6. The number of carbonyl (C=O) groups is 1. The predicted octanol–water partition coefficient (Wildman–Crippen LogP) is 3.50. The number of hydrogen-bond acceptors (Lipinski definition) is 4. The molecule has 0 aliphatic rings. The van der Waals surface area contributed by atoms with E-state index in [9.17, 15) is 4.79 Å². The summed E-state index contributed by atoms with van der Waals surface area (Å²) in [6.45, 7) is 6.71. The molecule has 3 rings (SSSR count). The second-order valence-corrected chi connectivity index (χ2v) is 7.45. The average Bonchev–Trinajstić information content (AvgIpc) is 3.25. The number of carbonyl (C=O) groups excluding carboxylic acids is 1. The van der Waals surface area contributed by atoms with Crippen LogP contribution in [0.5, 0.6) is 0 Å². The molecule has 3 aromatic heterocycles. The smallest absolute Gasteiger partial charge is 0.274 e. The van der Waals surface area contributed by atoms with Gasteiger partial charge in [0, 0.05) is 36.3 Å². The summed E-state index contributed by atoms with van der Waals surface area (Å²) >= 11 is 1.68. The molecule has 0 saturated heterocycles. The van der Waals surface area contributed by atoms with Crippen molar-refractivity contribution < 1.29 is 4.79 Å². The summed E-state index contributed by atoms with van der Waals surface area (Å²) in [6.07, 6.45) is 3.77. The molecule has 126 valence electrons. The summed E-state index contributed by atoms with van der Waals surface area (Å²) in [7, 11) is 1.78. The van der Waals surface area contributed by atoms with Gasteiger partial charge in [-0.25, -0.2) is 0 Å². The van der Waals surface area contributed by atoms with Crippen LogP contribution in [0.4, 0.5) is 0 Å². The van der Waals surface area contributed by atoms with E-state index < -0.39 is 0 Å². The van der Waals surface area contributed by atoms with E-state index in [1.54, 1.807) is 29.5 Å². The number of aryl methyl sites for hydroxylation is 1. The van der Waals surface area contributed by atoms with Crippen molar-refractivity contribution in [2.75, 3.05) is 7.05 Å². The van der Waals surface area contributed by atoms with E-state index in [-0.39, 0.29) is 5.91 Å². The van der Waals surface area contributed by atoms with Crippen LogP contribution in [-0.4, -0.2) is 37.8 Å². The number of hydrogen-bond donors (Lipinski definition) is 1. The first kappa shape index (κ1) is 16.4. The lowest BCUT2D eigenvalue weighted by molar-refractivity contribution is 0.0779. The molecule has 1 N–H and O–H groups in total. The minimum Gasteiger partial charge on any atom is -0.336 e. The monoisotopic (exact) mass is 343 g/mol. The number of aromatic amines is 1. The lowest BCUT2D eigenvalue weighted by Gasteiger charge is -2.14. The van der Waals surface area contributed by atoms with Gasteiger partial charge in [0.05, 0.1) is 16.8 Å². The second-order valence-electron chi connectivity index (χ2n) is 6.16. The van der Waals surface area contributed by atoms with Crippen molar-refractivity contribution in [2.24, 2.45) is 0 Å². The van der Waals surface area contributed by atoms with Crippen molar-refractivity contribution in [3.05, 3.63) is 46.7 Å². The minimum absolute atomic E-state index is 0.108. The molecule has 0 aliphatic heterocycles. The molecule has 0 bridgehead atoms. The van der Waals surface area contributed by atoms with E-state index in [1.165, 1.54) is 4.88 Å². The molecule has 0 aromatic carbocycles. The topological polar surface area (TPSA) is 66.8 Å². The molecule has 3 heterocycles. The van der Waals surface area contributed by atoms with E-state index >= 15 is 0 Å². The predicted molar refractivity (Wildman–Crippen MR) is 95.0 cm³/mol. The van der Waals surface area contributed by atoms with Crippen LogP contribution in [0.25, 0.3) is 10.6 Å². The lowest BCUT2D eigenvalue weighted by Crippen LogP contribution is -2.26. The standard InChI is InChI=1S/C17H21N5OS/c1-11(2)22-10-13(8-18-22)9-21(4)17(23)15-7-14(19-20-15)16-6-5-12(3)24-16/h5-8,10-11H,9H2,1-4H3,(H,19,20). The van der Waals surface area contributed by atoms with E-state index in [2.05, 4.69) is 42.1 Å². The van der Waals surface area contributed by atoms with Crippen LogP contribution in [0.15, 0.2) is 30.6 Å². The number of aromatic nitrogens is 4. The molecular formula is C17H21N5OS. The van der Waals surface area contributed by atoms with Gasteiger partial charge in [0.1, 0.15) is 0 Å². The Morgan fingerprint density at radius 1 is 1.42 bits per heavy atom. The van der Waals surface area contributed by atoms with Gasteiger partial charge < -0.3 is 4.90 Å². The molecule has 0 saturated carbocycles. The molecule has 24 heavy (non-hydrogen) atoms. The summed E-state index contributed by atoms with van der Waals surface area (Å²) in [4.78, 5) is 16.5. The van der Waals surface area contributed by atoms with Crippen LogP contribution in [0, 0.1) is 6.92 Å². The summed E-state index contributed by atoms with van der Waals surface area (Å²) in [5.74, 6) is -0.108. The largest absolute Gasteiger partial charge is 0.336 e. The molecule has 0 fully saturated rings. The van der Waals surface area contributed by atoms with Gasteiger partial charge in [-0.1, -0.05) is 0 Å². The Morgan fingerprint density at radius 2 is 2.21 bits per heavy atom. The van der Waals surface area contributed by atoms with Gasteiger partial charge in [0.15, 0.2) is 5.69 Å². The molecule has 0 atom stereocenters. The van der Waals surface area contributed by atoms with Gasteiger partial charge >= 0.3 is 0 Å². The van der Waals surface area contributed by atoms with Gasteiger partial charge in [-0.2, -0.15) is 10.2 Å². The summed E-state index contributed by atoms with van der Waals surface area (Å²) < 4.78 is 1.89. The number of amides is 1. The van der Waals surface area contributed by atoms with Crippen molar-refractivity contribution >= 4 is 17.2 Å². The van der Waals surface area contributed by atoms with E-state index in [0.29, 0.717) is 18.3 Å². The summed E-state index contributed by atoms with van der Waals surface area (Å²) in [5, 5.41) is 11.4. The van der Waals surface area contributed by atoms with E-state index in [4.69, 9.17) is 0 Å². The zero-order valence-electron chi connectivity index (χ0n) is 14.3. The maximum absolute atomic E-state index is 12.6. The Bertz CT molecular complexity index is 845. The molecule has 7 heteroatoms. The number of rotatable bonds is 5. The fourth-order valence-corrected chi connectivity index (χ4v) is 3.25. The maximum Gasteiger partial charge on any atom is 0.274 e. The van der Waals surface area contributed by atoms with Crippen LogP contribution in [0.2, 0.25) is 0 Å². The van der Waals surface area contributed by atoms with Gasteiger partial charge in [-0.3, -0.25) is 14.6 Å². The molecule has 3 aromatic rings. The third-order valence-corrected chi connectivity index (χ3v) is 4.79. The zero-order chi connectivity index (χ0) is 17.3. The van der Waals surface area contributed by atoms with Crippen LogP contribution < -0.4 is 0 Å². The third-order valence-electron chi connectivity index (χ3n) is 3.75. The molecular weight excluding hydrogens is 322 g/mol. The SMILES string of the molecule is Cc1ccc(-c2cc(C(=O)N(C)Cc3cnn(C(C)C)c3)n[nH]2)s1. The Hall–Kier alpha value is -2.41. The van der Waals surface area contributed by atoms with Gasteiger partial charge in [0.25, 0.3) is 5.91 Å². The number of nitrogens with zero attached hydrogens (tertiary/aromatic N) is 4. The molecule has 1 amide bonds. The van der Waals surface area contributed by atoms with E-state index in [1.807, 2.05) is 23.0 Å². The van der Waals surface area contributed by atoms with Crippen molar-refractivity contribution in [2.45, 2.75) is 33.4 Å². The molecule has 6 nitrogen and oxygen atoms in total. The van der Waals surface area contributed by atoms with Crippen molar-refractivity contribution in [3.8, 4) is 10.6 Å². The van der Waals surface area contributed by atoms with Crippen LogP contribution in [-0.2, 0) is 6.54 Å². The van der Waals surface area contributed by atoms with Crippen LogP contribution in [0.1, 0.15) is 40.8 Å². The highest BCUT2D eigenvalue weighted by Gasteiger charge is 2.17. The fourth-order valence-electron chi connectivity index (χ4n) is 2.42. The average molecular weight is 343 g/mol. The van der Waals surface area contributed by atoms with Gasteiger partial charge in [-0.05, 0) is 39.0 Å². The number of thiophene rings is 1. The summed E-state index contributed by atoms with van der Waals surface area (Å²) in [6, 6.07) is 6.21. The first-order valence-corrected chi connectivity index (χ1v) is 8.66. The van der Waals surface area contributed by atoms with Crippen LogP contribution >= 0.6 is 11.3 Å². The summed E-state index contributed by atoms with van der Waals surface area (Å²) in [5.41, 5.74) is 2.30. The van der Waals surface area contributed by atoms with E-state index in [0.717, 1.165) is 16.1 Å². The Morgan fingerprint density at radius 3 is 2.83 bits per heavy atom. The Kier molecular flexibility index (Phi) is 4.53. The van der Waals surface area contributed by atoms with Crippen LogP contribution in [0.3, 0.4) is 0 Å². The highest BCUT2D eigenvalue weighted by Crippen LogP contribution is 2.26. The molecule has 0 aliphatic carbocycles. The highest BCUT2D eigenvalue weighted by molar-refractivity contribution is 7.15. The molecule has 0 unspecified atom stereocenters. The first-order chi connectivity index (χ1) is 11.4. The third kappa shape index (κ3) is 3.41. The normalized spacial score (nSPS) is 11.2. The highest BCUT2D eigenvalue weighted by atomic mass is 32.1. The lowest BCUT2D eigenvalue weighted by atomic mass is 10.2. The van der Waals surface area contributed by atoms with Crippen molar-refractivity contribution in [1.29, 1.82) is 0 Å². The van der Waals surface area contributed by atoms with Crippen molar-refractivity contribution in [3.63, 3.8) is 0 Å². The quantitative estimate of drug-likeness (QED) is 0.771. The zero-order valence-corrected chi connectivity index (χ0v) is 15.1. The minimum atomic E-state index is -0.108. The first-order valence-electron chi connectivity index (χ1n) is 7.84. The number of H-pyrrole nitrogens is 1.